The smallest absolute Gasteiger partial charge is 0.317 e. The Morgan fingerprint density at radius 3 is 2.44 bits per heavy atom. The lowest BCUT2D eigenvalue weighted by molar-refractivity contribution is -0.150. The molecule has 1 fully saturated rings. The molecule has 2 rings (SSSR count). The van der Waals surface area contributed by atoms with Gasteiger partial charge in [-0.2, -0.15) is 0 Å². The topological polar surface area (TPSA) is 63.3 Å². The van der Waals surface area contributed by atoms with Crippen LogP contribution in [0.3, 0.4) is 0 Å². The maximum Gasteiger partial charge on any atom is 0.317 e. The highest BCUT2D eigenvalue weighted by molar-refractivity contribution is 5.80. The van der Waals surface area contributed by atoms with E-state index in [1.54, 1.807) is 0 Å². The molecule has 1 saturated carbocycles. The zero-order valence-corrected chi connectivity index (χ0v) is 8.45. The summed E-state index contributed by atoms with van der Waals surface area (Å²) < 4.78 is 31.0. The number of oxazole rings is 1. The lowest BCUT2D eigenvalue weighted by Gasteiger charge is -2.34. The molecule has 0 aliphatic heterocycles. The molecule has 1 aliphatic carbocycles. The lowest BCUT2D eigenvalue weighted by atomic mass is 9.71. The molecule has 0 spiro atoms. The normalized spacial score (nSPS) is 22.9. The molecular weight excluding hydrogens is 220 g/mol. The van der Waals surface area contributed by atoms with E-state index in [2.05, 4.69) is 4.98 Å². The fraction of sp³-hybridized carbons (Fsp3) is 0.600. The van der Waals surface area contributed by atoms with E-state index in [9.17, 15) is 18.7 Å². The summed E-state index contributed by atoms with van der Waals surface area (Å²) in [7, 11) is 0. The second kappa shape index (κ2) is 3.54. The van der Waals surface area contributed by atoms with E-state index in [4.69, 9.17) is 4.42 Å². The van der Waals surface area contributed by atoms with Crippen molar-refractivity contribution in [3.63, 3.8) is 0 Å². The zero-order chi connectivity index (χ0) is 11.8. The van der Waals surface area contributed by atoms with Crippen molar-refractivity contribution in [1.82, 2.24) is 4.98 Å². The molecule has 1 aromatic rings. The number of hydrogen-bond acceptors (Lipinski definition) is 3. The Bertz CT molecular complexity index is 379. The van der Waals surface area contributed by atoms with Crippen LogP contribution < -0.4 is 0 Å². The van der Waals surface area contributed by atoms with Crippen LogP contribution in [0.25, 0.3) is 0 Å². The van der Waals surface area contributed by atoms with Gasteiger partial charge in [-0.05, 0) is 12.8 Å². The van der Waals surface area contributed by atoms with Crippen molar-refractivity contribution in [1.29, 1.82) is 0 Å². The van der Waals surface area contributed by atoms with Crippen LogP contribution >= 0.6 is 0 Å². The van der Waals surface area contributed by atoms with Gasteiger partial charge in [-0.1, -0.05) is 0 Å². The minimum absolute atomic E-state index is 0.121. The summed E-state index contributed by atoms with van der Waals surface area (Å²) in [6, 6.07) is 0. The minimum atomic E-state index is -2.76. The summed E-state index contributed by atoms with van der Waals surface area (Å²) in [5, 5.41) is 9.20. The van der Waals surface area contributed by atoms with Crippen molar-refractivity contribution in [2.45, 2.75) is 37.0 Å². The summed E-state index contributed by atoms with van der Waals surface area (Å²) in [5.41, 5.74) is -1.34. The molecule has 1 N–H and O–H groups in total. The molecule has 6 heteroatoms. The van der Waals surface area contributed by atoms with Gasteiger partial charge in [-0.15, -0.1) is 0 Å². The quantitative estimate of drug-likeness (QED) is 0.847. The highest BCUT2D eigenvalue weighted by atomic mass is 19.3. The van der Waals surface area contributed by atoms with Gasteiger partial charge in [-0.3, -0.25) is 4.79 Å². The van der Waals surface area contributed by atoms with Crippen LogP contribution in [0.1, 0.15) is 31.4 Å². The van der Waals surface area contributed by atoms with Gasteiger partial charge in [0.1, 0.15) is 11.2 Å². The van der Waals surface area contributed by atoms with Crippen LogP contribution in [0.15, 0.2) is 17.0 Å². The van der Waals surface area contributed by atoms with Crippen molar-refractivity contribution in [2.75, 3.05) is 0 Å². The first-order valence-corrected chi connectivity index (χ1v) is 4.96. The number of carboxylic acids is 1. The molecule has 0 bridgehead atoms. The summed E-state index contributed by atoms with van der Waals surface area (Å²) in [5.74, 6) is -3.73. The molecule has 0 radical (unpaired) electrons. The highest BCUT2D eigenvalue weighted by Gasteiger charge is 2.51. The number of nitrogens with zero attached hydrogens (tertiary/aromatic N) is 1. The number of rotatable bonds is 2. The Balaban J connectivity index is 2.30. The molecule has 0 saturated heterocycles. The average Bonchev–Trinajstić information content (AvgIpc) is 2.71. The fourth-order valence-electron chi connectivity index (χ4n) is 2.06. The van der Waals surface area contributed by atoms with Gasteiger partial charge in [-0.25, -0.2) is 13.8 Å². The first-order chi connectivity index (χ1) is 7.46. The van der Waals surface area contributed by atoms with E-state index < -0.39 is 30.1 Å². The molecule has 16 heavy (non-hydrogen) atoms. The molecule has 1 aliphatic rings. The van der Waals surface area contributed by atoms with E-state index in [0.29, 0.717) is 0 Å². The van der Waals surface area contributed by atoms with Gasteiger partial charge >= 0.3 is 5.97 Å². The SMILES string of the molecule is O=C(O)C1(c2cnco2)CCC(F)(F)CC1. The minimum Gasteiger partial charge on any atom is -0.480 e. The lowest BCUT2D eigenvalue weighted by Crippen LogP contribution is -2.42. The highest BCUT2D eigenvalue weighted by Crippen LogP contribution is 2.45. The maximum atomic E-state index is 13.0. The number of carboxylic acid groups (broad SMARTS) is 1. The molecule has 0 unspecified atom stereocenters. The number of alkyl halides is 2. The molecule has 88 valence electrons. The number of aromatic nitrogens is 1. The number of aliphatic carboxylic acids is 1. The predicted octanol–water partition coefficient (Wildman–Crippen LogP) is 2.21. The average molecular weight is 231 g/mol. The van der Waals surface area contributed by atoms with Gasteiger partial charge in [0, 0.05) is 12.8 Å². The van der Waals surface area contributed by atoms with Crippen LogP contribution in [0.4, 0.5) is 8.78 Å². The van der Waals surface area contributed by atoms with E-state index in [1.807, 2.05) is 0 Å². The van der Waals surface area contributed by atoms with Crippen LogP contribution in [-0.2, 0) is 10.2 Å². The standard InChI is InChI=1S/C10H11F2NO3/c11-10(12)3-1-9(2-4-10,8(14)15)7-5-13-6-16-7/h5-6H,1-4H2,(H,14,15). The maximum absolute atomic E-state index is 13.0. The molecule has 0 aromatic carbocycles. The molecular formula is C10H11F2NO3. The van der Waals surface area contributed by atoms with Crippen LogP contribution in [0.5, 0.6) is 0 Å². The Morgan fingerprint density at radius 2 is 2.00 bits per heavy atom. The third-order valence-corrected chi connectivity index (χ3v) is 3.15. The second-order valence-corrected chi connectivity index (χ2v) is 4.11. The Hall–Kier alpha value is -1.46. The third-order valence-electron chi connectivity index (χ3n) is 3.15. The molecule has 4 nitrogen and oxygen atoms in total. The van der Waals surface area contributed by atoms with E-state index >= 15 is 0 Å². The van der Waals surface area contributed by atoms with E-state index in [0.717, 1.165) is 6.39 Å². The number of hydrogen-bond donors (Lipinski definition) is 1. The van der Waals surface area contributed by atoms with Crippen molar-refractivity contribution >= 4 is 5.97 Å². The van der Waals surface area contributed by atoms with E-state index in [-0.39, 0.29) is 18.6 Å². The predicted molar refractivity (Wildman–Crippen MR) is 49.2 cm³/mol. The number of halogens is 2. The van der Waals surface area contributed by atoms with Crippen molar-refractivity contribution in [2.24, 2.45) is 0 Å². The Kier molecular flexibility index (Phi) is 2.44. The summed E-state index contributed by atoms with van der Waals surface area (Å²) >= 11 is 0. The second-order valence-electron chi connectivity index (χ2n) is 4.11. The van der Waals surface area contributed by atoms with Gasteiger partial charge in [0.2, 0.25) is 5.92 Å². The van der Waals surface area contributed by atoms with Crippen LogP contribution in [0.2, 0.25) is 0 Å². The van der Waals surface area contributed by atoms with Crippen LogP contribution in [0, 0.1) is 0 Å². The van der Waals surface area contributed by atoms with E-state index in [1.165, 1.54) is 6.20 Å². The monoisotopic (exact) mass is 231 g/mol. The van der Waals surface area contributed by atoms with Crippen molar-refractivity contribution < 1.29 is 23.1 Å². The summed E-state index contributed by atoms with van der Waals surface area (Å²) in [6.45, 7) is 0. The molecule has 1 aromatic heterocycles. The van der Waals surface area contributed by atoms with Gasteiger partial charge in [0.05, 0.1) is 6.20 Å². The number of carbonyl (C=O) groups is 1. The Morgan fingerprint density at radius 1 is 1.38 bits per heavy atom. The fourth-order valence-corrected chi connectivity index (χ4v) is 2.06. The first-order valence-electron chi connectivity index (χ1n) is 4.96. The van der Waals surface area contributed by atoms with Gasteiger partial charge < -0.3 is 9.52 Å². The van der Waals surface area contributed by atoms with Crippen molar-refractivity contribution in [3.05, 3.63) is 18.4 Å². The summed E-state index contributed by atoms with van der Waals surface area (Å²) in [4.78, 5) is 14.9. The van der Waals surface area contributed by atoms with Crippen LogP contribution in [-0.4, -0.2) is 22.0 Å². The largest absolute Gasteiger partial charge is 0.480 e. The van der Waals surface area contributed by atoms with Gasteiger partial charge in [0.15, 0.2) is 6.39 Å². The molecule has 1 heterocycles. The third kappa shape index (κ3) is 1.68. The first kappa shape index (κ1) is 11.0. The molecule has 0 amide bonds. The molecule has 0 atom stereocenters. The van der Waals surface area contributed by atoms with Gasteiger partial charge in [0.25, 0.3) is 0 Å². The van der Waals surface area contributed by atoms with Crippen molar-refractivity contribution in [3.8, 4) is 0 Å². The zero-order valence-electron chi connectivity index (χ0n) is 8.45. The Labute approximate surface area is 90.3 Å². The summed E-state index contributed by atoms with van der Waals surface area (Å²) in [6.07, 6.45) is 1.30.